The highest BCUT2D eigenvalue weighted by atomic mass is 19.2. The van der Waals surface area contributed by atoms with Crippen LogP contribution >= 0.6 is 0 Å². The minimum atomic E-state index is -0.830. The van der Waals surface area contributed by atoms with Gasteiger partial charge in [0, 0.05) is 5.92 Å². The summed E-state index contributed by atoms with van der Waals surface area (Å²) in [5.74, 6) is 0.229. The van der Waals surface area contributed by atoms with E-state index in [0.29, 0.717) is 24.0 Å². The van der Waals surface area contributed by atoms with Gasteiger partial charge >= 0.3 is 0 Å². The largest absolute Gasteiger partial charge is 0.490 e. The number of hydrogen-bond donors (Lipinski definition) is 0. The maximum atomic E-state index is 14.5. The Kier molecular flexibility index (Phi) is 5.57. The zero-order valence-corrected chi connectivity index (χ0v) is 14.7. The van der Waals surface area contributed by atoms with Gasteiger partial charge in [-0.1, -0.05) is 44.9 Å². The van der Waals surface area contributed by atoms with E-state index in [4.69, 9.17) is 4.74 Å². The Morgan fingerprint density at radius 3 is 2.33 bits per heavy atom. The number of ether oxygens (including phenoxy) is 1. The van der Waals surface area contributed by atoms with Crippen LogP contribution in [0.15, 0.2) is 24.3 Å². The molecule has 3 rings (SSSR count). The molecule has 1 aromatic carbocycles. The van der Waals surface area contributed by atoms with Gasteiger partial charge in [-0.15, -0.1) is 0 Å². The highest BCUT2D eigenvalue weighted by molar-refractivity contribution is 5.35. The third-order valence-corrected chi connectivity index (χ3v) is 5.69. The number of rotatable bonds is 4. The van der Waals surface area contributed by atoms with E-state index in [-0.39, 0.29) is 11.7 Å². The molecule has 1 aromatic rings. The molecule has 0 radical (unpaired) electrons. The predicted molar refractivity (Wildman–Crippen MR) is 93.3 cm³/mol. The van der Waals surface area contributed by atoms with E-state index in [9.17, 15) is 8.78 Å². The zero-order valence-electron chi connectivity index (χ0n) is 14.7. The van der Waals surface area contributed by atoms with Crippen molar-refractivity contribution in [3.63, 3.8) is 0 Å². The van der Waals surface area contributed by atoms with Crippen LogP contribution in [-0.4, -0.2) is 6.61 Å². The van der Waals surface area contributed by atoms with Crippen LogP contribution < -0.4 is 4.74 Å². The van der Waals surface area contributed by atoms with Crippen molar-refractivity contribution in [3.8, 4) is 5.75 Å². The van der Waals surface area contributed by atoms with Crippen LogP contribution in [0.1, 0.15) is 63.9 Å². The van der Waals surface area contributed by atoms with Gasteiger partial charge in [0.25, 0.3) is 0 Å². The summed E-state index contributed by atoms with van der Waals surface area (Å²) in [5.41, 5.74) is 0.453. The summed E-state index contributed by atoms with van der Waals surface area (Å²) in [6.07, 6.45) is 10.6. The summed E-state index contributed by atoms with van der Waals surface area (Å²) in [6, 6.07) is 3.30. The van der Waals surface area contributed by atoms with Crippen molar-refractivity contribution in [1.82, 2.24) is 0 Å². The van der Waals surface area contributed by atoms with Crippen LogP contribution in [0, 0.1) is 29.4 Å². The lowest BCUT2D eigenvalue weighted by Gasteiger charge is -2.26. The third kappa shape index (κ3) is 3.99. The molecule has 0 N–H and O–H groups in total. The molecule has 2 aliphatic rings. The van der Waals surface area contributed by atoms with Crippen molar-refractivity contribution < 1.29 is 13.5 Å². The van der Waals surface area contributed by atoms with Gasteiger partial charge in [0.1, 0.15) is 0 Å². The van der Waals surface area contributed by atoms with Crippen LogP contribution in [0.25, 0.3) is 0 Å². The molecule has 2 aliphatic carbocycles. The SMILES string of the molecule is CC1C=CC(c2ccc(OCC3CCC(C)CC3)c(F)c2F)CC1. The highest BCUT2D eigenvalue weighted by Crippen LogP contribution is 2.35. The second-order valence-electron chi connectivity index (χ2n) is 7.76. The number of halogens is 2. The maximum Gasteiger partial charge on any atom is 0.200 e. The zero-order chi connectivity index (χ0) is 17.1. The number of hydrogen-bond acceptors (Lipinski definition) is 1. The lowest BCUT2D eigenvalue weighted by molar-refractivity contribution is 0.181. The molecule has 132 valence electrons. The van der Waals surface area contributed by atoms with Gasteiger partial charge in [-0.05, 0) is 55.1 Å². The van der Waals surface area contributed by atoms with Gasteiger partial charge in [-0.3, -0.25) is 0 Å². The molecule has 24 heavy (non-hydrogen) atoms. The minimum Gasteiger partial charge on any atom is -0.490 e. The first-order valence-corrected chi connectivity index (χ1v) is 9.33. The summed E-state index contributed by atoms with van der Waals surface area (Å²) in [4.78, 5) is 0. The lowest BCUT2D eigenvalue weighted by atomic mass is 9.83. The average molecular weight is 334 g/mol. The van der Waals surface area contributed by atoms with Crippen molar-refractivity contribution in [3.05, 3.63) is 41.5 Å². The van der Waals surface area contributed by atoms with Crippen LogP contribution in [0.5, 0.6) is 5.75 Å². The summed E-state index contributed by atoms with van der Waals surface area (Å²) < 4.78 is 34.5. The maximum absolute atomic E-state index is 14.5. The fourth-order valence-corrected chi connectivity index (χ4v) is 3.87. The standard InChI is InChI=1S/C21H28F2O/c1-14-3-7-16(8-4-14)13-24-19-12-11-18(20(22)21(19)23)17-9-5-15(2)6-10-17/h5,9,11-12,14-17H,3-4,6-8,10,13H2,1-2H3. The van der Waals surface area contributed by atoms with Gasteiger partial charge in [0.2, 0.25) is 5.82 Å². The normalized spacial score (nSPS) is 30.3. The monoisotopic (exact) mass is 334 g/mol. The van der Waals surface area contributed by atoms with E-state index in [0.717, 1.165) is 31.6 Å². The summed E-state index contributed by atoms with van der Waals surface area (Å²) in [7, 11) is 0. The van der Waals surface area contributed by atoms with Gasteiger partial charge in [-0.25, -0.2) is 4.39 Å². The average Bonchev–Trinajstić information content (AvgIpc) is 2.59. The van der Waals surface area contributed by atoms with Crippen molar-refractivity contribution in [1.29, 1.82) is 0 Å². The Bertz CT molecular complexity index is 588. The first-order valence-electron chi connectivity index (χ1n) is 9.33. The molecule has 1 saturated carbocycles. The number of benzene rings is 1. The second-order valence-corrected chi connectivity index (χ2v) is 7.76. The lowest BCUT2D eigenvalue weighted by Crippen LogP contribution is -2.19. The van der Waals surface area contributed by atoms with E-state index in [2.05, 4.69) is 19.9 Å². The quantitative estimate of drug-likeness (QED) is 0.592. The minimum absolute atomic E-state index is 0.0235. The molecule has 2 unspecified atom stereocenters. The van der Waals surface area contributed by atoms with Crippen molar-refractivity contribution in [2.45, 2.75) is 58.3 Å². The molecule has 0 spiro atoms. The van der Waals surface area contributed by atoms with Crippen molar-refractivity contribution in [2.75, 3.05) is 6.61 Å². The molecule has 2 atom stereocenters. The Morgan fingerprint density at radius 1 is 0.917 bits per heavy atom. The van der Waals surface area contributed by atoms with Gasteiger partial charge in [-0.2, -0.15) is 4.39 Å². The van der Waals surface area contributed by atoms with Gasteiger partial charge < -0.3 is 4.74 Å². The van der Waals surface area contributed by atoms with Crippen LogP contribution in [0.4, 0.5) is 8.78 Å². The Labute approximate surface area is 144 Å². The molecule has 0 aromatic heterocycles. The molecule has 0 aliphatic heterocycles. The van der Waals surface area contributed by atoms with E-state index in [1.165, 1.54) is 12.8 Å². The molecule has 1 fully saturated rings. The third-order valence-electron chi connectivity index (χ3n) is 5.69. The summed E-state index contributed by atoms with van der Waals surface area (Å²) >= 11 is 0. The topological polar surface area (TPSA) is 9.23 Å². The molecular weight excluding hydrogens is 306 g/mol. The fraction of sp³-hybridized carbons (Fsp3) is 0.619. The Hall–Kier alpha value is -1.38. The van der Waals surface area contributed by atoms with E-state index in [1.54, 1.807) is 12.1 Å². The van der Waals surface area contributed by atoms with E-state index < -0.39 is 11.6 Å². The number of allylic oxidation sites excluding steroid dienone is 2. The molecule has 1 nitrogen and oxygen atoms in total. The smallest absolute Gasteiger partial charge is 0.200 e. The summed E-state index contributed by atoms with van der Waals surface area (Å²) in [5, 5.41) is 0. The predicted octanol–water partition coefficient (Wildman–Crippen LogP) is 6.24. The van der Waals surface area contributed by atoms with Crippen molar-refractivity contribution in [2.24, 2.45) is 17.8 Å². The van der Waals surface area contributed by atoms with Crippen molar-refractivity contribution >= 4 is 0 Å². The highest BCUT2D eigenvalue weighted by Gasteiger charge is 2.23. The van der Waals surface area contributed by atoms with Crippen LogP contribution in [0.3, 0.4) is 0 Å². The van der Waals surface area contributed by atoms with Crippen LogP contribution in [-0.2, 0) is 0 Å². The van der Waals surface area contributed by atoms with E-state index >= 15 is 0 Å². The Morgan fingerprint density at radius 2 is 1.67 bits per heavy atom. The van der Waals surface area contributed by atoms with Crippen LogP contribution in [0.2, 0.25) is 0 Å². The molecule has 0 bridgehead atoms. The molecule has 3 heteroatoms. The van der Waals surface area contributed by atoms with E-state index in [1.807, 2.05) is 6.08 Å². The first kappa shape index (κ1) is 17.4. The fourth-order valence-electron chi connectivity index (χ4n) is 3.87. The van der Waals surface area contributed by atoms with Gasteiger partial charge in [0.15, 0.2) is 11.6 Å². The molecular formula is C21H28F2O. The molecule has 0 heterocycles. The molecule has 0 saturated heterocycles. The second kappa shape index (κ2) is 7.67. The van der Waals surface area contributed by atoms with Gasteiger partial charge in [0.05, 0.1) is 6.61 Å². The summed E-state index contributed by atoms with van der Waals surface area (Å²) in [6.45, 7) is 4.90. The Balaban J connectivity index is 1.65. The first-order chi connectivity index (χ1) is 11.5. The molecule has 0 amide bonds.